The number of carbonyl (C=O) groups is 2. The van der Waals surface area contributed by atoms with Gasteiger partial charge in [0.2, 0.25) is 5.76 Å². The normalized spacial score (nSPS) is 11.6. The molecule has 0 atom stereocenters. The van der Waals surface area contributed by atoms with Crippen molar-refractivity contribution in [1.82, 2.24) is 0 Å². The Hall–Kier alpha value is -3.16. The number of hydrogen-bond donors (Lipinski definition) is 0. The van der Waals surface area contributed by atoms with Crippen molar-refractivity contribution < 1.29 is 23.5 Å². The first-order valence-corrected chi connectivity index (χ1v) is 11.1. The van der Waals surface area contributed by atoms with Gasteiger partial charge in [-0.2, -0.15) is 0 Å². The zero-order valence-corrected chi connectivity index (χ0v) is 17.8. The van der Waals surface area contributed by atoms with Crippen molar-refractivity contribution in [3.8, 4) is 0 Å². The van der Waals surface area contributed by atoms with E-state index in [1.807, 2.05) is 59.3 Å². The lowest BCUT2D eigenvalue weighted by Gasteiger charge is -2.08. The standard InChI is InChI=1S/C23H18O5S2/c1-2-26-23(25)21-18(16-8-3-4-9-19(16)28-21)14-27-22(24)17(20-10-6-12-30-20)13-15-7-5-11-29-15/h3-13H,2,14H2,1H3. The summed E-state index contributed by atoms with van der Waals surface area (Å²) in [5.41, 5.74) is 1.51. The van der Waals surface area contributed by atoms with E-state index in [0.29, 0.717) is 22.1 Å². The molecule has 0 bridgehead atoms. The van der Waals surface area contributed by atoms with E-state index >= 15 is 0 Å². The molecule has 0 fully saturated rings. The van der Waals surface area contributed by atoms with Crippen LogP contribution in [-0.2, 0) is 20.9 Å². The first-order chi connectivity index (χ1) is 14.7. The molecule has 3 heterocycles. The highest BCUT2D eigenvalue weighted by Gasteiger charge is 2.24. The summed E-state index contributed by atoms with van der Waals surface area (Å²) in [7, 11) is 0. The van der Waals surface area contributed by atoms with Crippen LogP contribution in [0.2, 0.25) is 0 Å². The lowest BCUT2D eigenvalue weighted by Crippen LogP contribution is -2.10. The van der Waals surface area contributed by atoms with Gasteiger partial charge >= 0.3 is 11.9 Å². The minimum atomic E-state index is -0.577. The van der Waals surface area contributed by atoms with Gasteiger partial charge < -0.3 is 13.9 Å². The van der Waals surface area contributed by atoms with Gasteiger partial charge in [-0.05, 0) is 42.0 Å². The SMILES string of the molecule is CCOC(=O)c1oc2ccccc2c1COC(=O)C(=Cc1cccs1)c1cccs1. The van der Waals surface area contributed by atoms with Crippen LogP contribution in [0.3, 0.4) is 0 Å². The molecule has 4 rings (SSSR count). The van der Waals surface area contributed by atoms with Gasteiger partial charge in [-0.3, -0.25) is 0 Å². The van der Waals surface area contributed by atoms with Crippen LogP contribution in [0.1, 0.15) is 32.8 Å². The summed E-state index contributed by atoms with van der Waals surface area (Å²) >= 11 is 3.00. The first kappa shape index (κ1) is 20.1. The third-order valence-electron chi connectivity index (χ3n) is 4.34. The summed E-state index contributed by atoms with van der Waals surface area (Å²) in [6.07, 6.45) is 1.82. The van der Waals surface area contributed by atoms with Gasteiger partial charge in [0.05, 0.1) is 17.7 Å². The maximum absolute atomic E-state index is 13.0. The molecule has 5 nitrogen and oxygen atoms in total. The molecule has 0 aliphatic heterocycles. The van der Waals surface area contributed by atoms with Crippen molar-refractivity contribution in [1.29, 1.82) is 0 Å². The van der Waals surface area contributed by atoms with E-state index in [4.69, 9.17) is 13.9 Å². The maximum Gasteiger partial charge on any atom is 0.374 e. The highest BCUT2D eigenvalue weighted by molar-refractivity contribution is 7.12. The molecular formula is C23H18O5S2. The number of para-hydroxylation sites is 1. The predicted octanol–water partition coefficient (Wildman–Crippen LogP) is 6.02. The predicted molar refractivity (Wildman–Crippen MR) is 118 cm³/mol. The quantitative estimate of drug-likeness (QED) is 0.261. The second-order valence-corrected chi connectivity index (χ2v) is 8.18. The summed E-state index contributed by atoms with van der Waals surface area (Å²) in [5.74, 6) is -0.982. The number of fused-ring (bicyclic) bond motifs is 1. The number of carbonyl (C=O) groups excluding carboxylic acids is 2. The van der Waals surface area contributed by atoms with E-state index in [0.717, 1.165) is 9.75 Å². The lowest BCUT2D eigenvalue weighted by molar-refractivity contribution is -0.137. The average Bonchev–Trinajstić information content (AvgIpc) is 3.51. The van der Waals surface area contributed by atoms with Crippen molar-refractivity contribution in [2.45, 2.75) is 13.5 Å². The molecule has 152 valence electrons. The molecular weight excluding hydrogens is 420 g/mol. The zero-order chi connectivity index (χ0) is 20.9. The molecule has 0 unspecified atom stereocenters. The van der Waals surface area contributed by atoms with E-state index in [1.165, 1.54) is 22.7 Å². The highest BCUT2D eigenvalue weighted by Crippen LogP contribution is 2.30. The van der Waals surface area contributed by atoms with Crippen molar-refractivity contribution >= 4 is 57.2 Å². The Kier molecular flexibility index (Phi) is 6.11. The Morgan fingerprint density at radius 2 is 1.80 bits per heavy atom. The van der Waals surface area contributed by atoms with Crippen molar-refractivity contribution in [3.05, 3.63) is 80.4 Å². The molecule has 0 aliphatic carbocycles. The molecule has 0 N–H and O–H groups in total. The zero-order valence-electron chi connectivity index (χ0n) is 16.1. The average molecular weight is 439 g/mol. The summed E-state index contributed by atoms with van der Waals surface area (Å²) < 4.78 is 16.4. The molecule has 0 aliphatic rings. The van der Waals surface area contributed by atoms with E-state index in [1.54, 1.807) is 13.0 Å². The maximum atomic E-state index is 13.0. The van der Waals surface area contributed by atoms with E-state index in [9.17, 15) is 9.59 Å². The van der Waals surface area contributed by atoms with Crippen molar-refractivity contribution in [3.63, 3.8) is 0 Å². The number of furan rings is 1. The van der Waals surface area contributed by atoms with Crippen LogP contribution >= 0.6 is 22.7 Å². The Bertz CT molecular complexity index is 1180. The van der Waals surface area contributed by atoms with E-state index in [2.05, 4.69) is 0 Å². The van der Waals surface area contributed by atoms with Crippen LogP contribution in [-0.4, -0.2) is 18.5 Å². The Balaban J connectivity index is 1.63. The van der Waals surface area contributed by atoms with Gasteiger partial charge in [-0.25, -0.2) is 9.59 Å². The molecule has 1 aromatic carbocycles. The molecule has 0 spiro atoms. The van der Waals surface area contributed by atoms with Gasteiger partial charge in [0.25, 0.3) is 0 Å². The third kappa shape index (κ3) is 4.22. The van der Waals surface area contributed by atoms with Gasteiger partial charge in [0, 0.05) is 15.1 Å². The highest BCUT2D eigenvalue weighted by atomic mass is 32.1. The Morgan fingerprint density at radius 3 is 2.53 bits per heavy atom. The minimum absolute atomic E-state index is 0.0609. The fourth-order valence-electron chi connectivity index (χ4n) is 3.00. The summed E-state index contributed by atoms with van der Waals surface area (Å²) in [6.45, 7) is 1.85. The van der Waals surface area contributed by atoms with Gasteiger partial charge in [-0.1, -0.05) is 30.3 Å². The van der Waals surface area contributed by atoms with Crippen LogP contribution in [0, 0.1) is 0 Å². The molecule has 4 aromatic rings. The summed E-state index contributed by atoms with van der Waals surface area (Å²) in [6, 6.07) is 14.9. The summed E-state index contributed by atoms with van der Waals surface area (Å²) in [5, 5.41) is 4.58. The monoisotopic (exact) mass is 438 g/mol. The smallest absolute Gasteiger partial charge is 0.374 e. The van der Waals surface area contributed by atoms with E-state index in [-0.39, 0.29) is 19.0 Å². The van der Waals surface area contributed by atoms with Crippen LogP contribution in [0.5, 0.6) is 0 Å². The fraction of sp³-hybridized carbons (Fsp3) is 0.130. The molecule has 0 saturated carbocycles. The van der Waals surface area contributed by atoms with Crippen molar-refractivity contribution in [2.24, 2.45) is 0 Å². The number of rotatable bonds is 7. The van der Waals surface area contributed by atoms with Crippen LogP contribution in [0.15, 0.2) is 63.7 Å². The van der Waals surface area contributed by atoms with Gasteiger partial charge in [0.15, 0.2) is 0 Å². The fourth-order valence-corrected chi connectivity index (χ4v) is 4.38. The largest absolute Gasteiger partial charge is 0.460 e. The number of hydrogen-bond acceptors (Lipinski definition) is 7. The number of esters is 2. The third-order valence-corrected chi connectivity index (χ3v) is 6.07. The van der Waals surface area contributed by atoms with Crippen LogP contribution in [0.4, 0.5) is 0 Å². The Labute approximate surface area is 181 Å². The number of ether oxygens (including phenoxy) is 2. The number of thiophene rings is 2. The Morgan fingerprint density at radius 1 is 1.00 bits per heavy atom. The summed E-state index contributed by atoms with van der Waals surface area (Å²) in [4.78, 5) is 27.1. The van der Waals surface area contributed by atoms with Crippen LogP contribution in [0.25, 0.3) is 22.6 Å². The van der Waals surface area contributed by atoms with Crippen molar-refractivity contribution in [2.75, 3.05) is 6.61 Å². The molecule has 0 radical (unpaired) electrons. The van der Waals surface area contributed by atoms with Crippen LogP contribution < -0.4 is 0 Å². The molecule has 7 heteroatoms. The second kappa shape index (κ2) is 9.11. The van der Waals surface area contributed by atoms with Gasteiger partial charge in [0.1, 0.15) is 12.2 Å². The van der Waals surface area contributed by atoms with Gasteiger partial charge in [-0.15, -0.1) is 22.7 Å². The second-order valence-electron chi connectivity index (χ2n) is 6.25. The molecule has 0 saturated heterocycles. The molecule has 3 aromatic heterocycles. The number of benzene rings is 1. The first-order valence-electron chi connectivity index (χ1n) is 9.31. The molecule has 30 heavy (non-hydrogen) atoms. The topological polar surface area (TPSA) is 65.7 Å². The van der Waals surface area contributed by atoms with E-state index < -0.39 is 11.9 Å². The molecule has 0 amide bonds. The minimum Gasteiger partial charge on any atom is -0.460 e. The lowest BCUT2D eigenvalue weighted by atomic mass is 10.1.